The minimum Gasteiger partial charge on any atom is -0.338 e. The Morgan fingerprint density at radius 3 is 2.70 bits per heavy atom. The molecule has 5 nitrogen and oxygen atoms in total. The quantitative estimate of drug-likeness (QED) is 0.877. The lowest BCUT2D eigenvalue weighted by Gasteiger charge is -2.29. The Morgan fingerprint density at radius 1 is 1.25 bits per heavy atom. The van der Waals surface area contributed by atoms with E-state index >= 15 is 0 Å². The number of nitrogens with zero attached hydrogens (tertiary/aromatic N) is 3. The van der Waals surface area contributed by atoms with Gasteiger partial charge in [0, 0.05) is 30.8 Å². The molecule has 1 aromatic heterocycles. The van der Waals surface area contributed by atoms with Gasteiger partial charge in [0.25, 0.3) is 0 Å². The van der Waals surface area contributed by atoms with E-state index in [1.807, 2.05) is 4.90 Å². The summed E-state index contributed by atoms with van der Waals surface area (Å²) in [5.41, 5.74) is 6.25. The molecule has 1 atom stereocenters. The first-order valence-corrected chi connectivity index (χ1v) is 6.51. The second-order valence-electron chi connectivity index (χ2n) is 4.99. The molecule has 1 aliphatic rings. The number of aromatic amines is 1. The molecule has 0 saturated carbocycles. The van der Waals surface area contributed by atoms with E-state index in [1.165, 1.54) is 12.1 Å². The van der Waals surface area contributed by atoms with E-state index in [4.69, 9.17) is 5.73 Å². The summed E-state index contributed by atoms with van der Waals surface area (Å²) in [7, 11) is 0. The summed E-state index contributed by atoms with van der Waals surface area (Å²) in [5.74, 6) is -0.423. The maximum atomic E-state index is 13.2. The third kappa shape index (κ3) is 2.62. The highest BCUT2D eigenvalue weighted by atomic mass is 19.1. The van der Waals surface area contributed by atoms with Gasteiger partial charge in [-0.3, -0.25) is 5.10 Å². The Labute approximate surface area is 114 Å². The van der Waals surface area contributed by atoms with Crippen LogP contribution in [0.4, 0.5) is 14.7 Å². The Balaban J connectivity index is 1.86. The predicted molar refractivity (Wildman–Crippen MR) is 71.2 cm³/mol. The van der Waals surface area contributed by atoms with Crippen LogP contribution >= 0.6 is 0 Å². The number of hydrogen-bond donors (Lipinski definition) is 2. The normalized spacial score (nSPS) is 19.4. The summed E-state index contributed by atoms with van der Waals surface area (Å²) in [6, 6.07) is 3.37. The lowest BCUT2D eigenvalue weighted by Crippen LogP contribution is -2.43. The van der Waals surface area contributed by atoms with Gasteiger partial charge in [-0.05, 0) is 25.0 Å². The van der Waals surface area contributed by atoms with Crippen LogP contribution < -0.4 is 10.6 Å². The van der Waals surface area contributed by atoms with Gasteiger partial charge in [-0.2, -0.15) is 4.98 Å². The van der Waals surface area contributed by atoms with Crippen molar-refractivity contribution in [1.29, 1.82) is 0 Å². The second-order valence-corrected chi connectivity index (χ2v) is 4.99. The number of nitrogens with two attached hydrogens (primary N) is 1. The molecule has 0 bridgehead atoms. The molecule has 0 radical (unpaired) electrons. The van der Waals surface area contributed by atoms with E-state index in [1.54, 1.807) is 0 Å². The monoisotopic (exact) mass is 279 g/mol. The highest BCUT2D eigenvalue weighted by molar-refractivity contribution is 5.56. The molecule has 0 amide bonds. The number of halogens is 2. The number of H-pyrrole nitrogens is 1. The Hall–Kier alpha value is -2.02. The van der Waals surface area contributed by atoms with E-state index < -0.39 is 11.6 Å². The maximum Gasteiger partial charge on any atom is 0.245 e. The molecule has 1 saturated heterocycles. The Kier molecular flexibility index (Phi) is 3.35. The van der Waals surface area contributed by atoms with Crippen molar-refractivity contribution in [2.45, 2.75) is 18.9 Å². The third-order valence-corrected chi connectivity index (χ3v) is 3.35. The van der Waals surface area contributed by atoms with Gasteiger partial charge in [-0.15, -0.1) is 5.10 Å². The van der Waals surface area contributed by atoms with E-state index in [-0.39, 0.29) is 6.04 Å². The average molecular weight is 279 g/mol. The van der Waals surface area contributed by atoms with Crippen LogP contribution in [0.5, 0.6) is 0 Å². The van der Waals surface area contributed by atoms with Crippen LogP contribution in [0, 0.1) is 11.6 Å². The number of anilines is 1. The number of rotatable bonds is 2. The zero-order valence-electron chi connectivity index (χ0n) is 10.8. The number of hydrogen-bond acceptors (Lipinski definition) is 4. The SMILES string of the molecule is NC1CCCN(c2n[nH]c(-c3cc(F)cc(F)c3)n2)C1. The van der Waals surface area contributed by atoms with Crippen molar-refractivity contribution in [1.82, 2.24) is 15.2 Å². The standard InChI is InChI=1S/C13H15F2N5/c14-9-4-8(5-10(15)6-9)12-17-13(19-18-12)20-3-1-2-11(16)7-20/h4-6,11H,1-3,7,16H2,(H,17,18,19). The van der Waals surface area contributed by atoms with Crippen LogP contribution in [0.25, 0.3) is 11.4 Å². The average Bonchev–Trinajstić information content (AvgIpc) is 2.87. The van der Waals surface area contributed by atoms with Crippen molar-refractivity contribution >= 4 is 5.95 Å². The molecule has 1 unspecified atom stereocenters. The van der Waals surface area contributed by atoms with Crippen LogP contribution in [0.2, 0.25) is 0 Å². The van der Waals surface area contributed by atoms with Gasteiger partial charge >= 0.3 is 0 Å². The molecule has 1 aromatic carbocycles. The number of aromatic nitrogens is 3. The Bertz CT molecular complexity index is 592. The number of piperidine rings is 1. The lowest BCUT2D eigenvalue weighted by molar-refractivity contribution is 0.500. The molecule has 7 heteroatoms. The van der Waals surface area contributed by atoms with Crippen molar-refractivity contribution in [2.75, 3.05) is 18.0 Å². The van der Waals surface area contributed by atoms with E-state index in [0.717, 1.165) is 25.5 Å². The summed E-state index contributed by atoms with van der Waals surface area (Å²) >= 11 is 0. The third-order valence-electron chi connectivity index (χ3n) is 3.35. The molecule has 0 spiro atoms. The fourth-order valence-electron chi connectivity index (χ4n) is 2.41. The van der Waals surface area contributed by atoms with E-state index in [0.29, 0.717) is 23.9 Å². The molecule has 2 aromatic rings. The molecule has 3 N–H and O–H groups in total. The van der Waals surface area contributed by atoms with Gasteiger partial charge in [-0.25, -0.2) is 8.78 Å². The van der Waals surface area contributed by atoms with Gasteiger partial charge in [0.1, 0.15) is 11.6 Å². The van der Waals surface area contributed by atoms with Crippen molar-refractivity contribution in [3.63, 3.8) is 0 Å². The highest BCUT2D eigenvalue weighted by Gasteiger charge is 2.20. The number of benzene rings is 1. The fraction of sp³-hybridized carbons (Fsp3) is 0.385. The molecular weight excluding hydrogens is 264 g/mol. The minimum atomic E-state index is -0.641. The van der Waals surface area contributed by atoms with Gasteiger partial charge in [0.05, 0.1) is 0 Å². The molecule has 20 heavy (non-hydrogen) atoms. The van der Waals surface area contributed by atoms with Crippen molar-refractivity contribution in [2.24, 2.45) is 5.73 Å². The molecular formula is C13H15F2N5. The summed E-state index contributed by atoms with van der Waals surface area (Å²) in [6.07, 6.45) is 1.97. The van der Waals surface area contributed by atoms with Crippen LogP contribution in [0.1, 0.15) is 12.8 Å². The minimum absolute atomic E-state index is 0.109. The van der Waals surface area contributed by atoms with Crippen LogP contribution in [-0.2, 0) is 0 Å². The first-order valence-electron chi connectivity index (χ1n) is 6.51. The zero-order chi connectivity index (χ0) is 14.1. The molecule has 1 aliphatic heterocycles. The van der Waals surface area contributed by atoms with E-state index in [9.17, 15) is 8.78 Å². The second kappa shape index (κ2) is 5.16. The zero-order valence-corrected chi connectivity index (χ0v) is 10.8. The first kappa shape index (κ1) is 13.0. The van der Waals surface area contributed by atoms with Crippen molar-refractivity contribution in [3.8, 4) is 11.4 Å². The molecule has 3 rings (SSSR count). The van der Waals surface area contributed by atoms with Crippen molar-refractivity contribution in [3.05, 3.63) is 29.8 Å². The molecule has 2 heterocycles. The van der Waals surface area contributed by atoms with E-state index in [2.05, 4.69) is 15.2 Å². The molecule has 0 aliphatic carbocycles. The fourth-order valence-corrected chi connectivity index (χ4v) is 2.41. The topological polar surface area (TPSA) is 70.8 Å². The van der Waals surface area contributed by atoms with Crippen LogP contribution in [0.3, 0.4) is 0 Å². The van der Waals surface area contributed by atoms with Gasteiger partial charge in [-0.1, -0.05) is 0 Å². The first-order chi connectivity index (χ1) is 9.61. The molecule has 1 fully saturated rings. The summed E-state index contributed by atoms with van der Waals surface area (Å²) in [4.78, 5) is 6.27. The predicted octanol–water partition coefficient (Wildman–Crippen LogP) is 1.68. The highest BCUT2D eigenvalue weighted by Crippen LogP contribution is 2.21. The summed E-state index contributed by atoms with van der Waals surface area (Å²) in [6.45, 7) is 1.53. The molecule has 106 valence electrons. The Morgan fingerprint density at radius 2 is 2.00 bits per heavy atom. The van der Waals surface area contributed by atoms with Crippen LogP contribution in [0.15, 0.2) is 18.2 Å². The van der Waals surface area contributed by atoms with Crippen molar-refractivity contribution < 1.29 is 8.78 Å². The number of nitrogens with one attached hydrogen (secondary N) is 1. The van der Waals surface area contributed by atoms with Gasteiger partial charge in [0.15, 0.2) is 5.82 Å². The van der Waals surface area contributed by atoms with Gasteiger partial charge in [0.2, 0.25) is 5.95 Å². The van der Waals surface area contributed by atoms with Crippen LogP contribution in [-0.4, -0.2) is 34.3 Å². The largest absolute Gasteiger partial charge is 0.338 e. The maximum absolute atomic E-state index is 13.2. The van der Waals surface area contributed by atoms with Gasteiger partial charge < -0.3 is 10.6 Å². The smallest absolute Gasteiger partial charge is 0.245 e. The summed E-state index contributed by atoms with van der Waals surface area (Å²) < 4.78 is 26.4. The lowest BCUT2D eigenvalue weighted by atomic mass is 10.1. The summed E-state index contributed by atoms with van der Waals surface area (Å²) in [5, 5.41) is 6.81.